The fraction of sp³-hybridized carbons (Fsp3) is 0.455. The van der Waals surface area contributed by atoms with Crippen molar-refractivity contribution >= 4 is 11.8 Å². The summed E-state index contributed by atoms with van der Waals surface area (Å²) in [5, 5.41) is 20.9. The van der Waals surface area contributed by atoms with Crippen LogP contribution in [0.15, 0.2) is 30.4 Å². The number of carbonyl (C=O) groups is 2. The average Bonchev–Trinajstić information content (AvgIpc) is 2.66. The number of esters is 1. The van der Waals surface area contributed by atoms with Gasteiger partial charge in [0.05, 0.1) is 12.7 Å². The number of phenols is 2. The average molecular weight is 386 g/mol. The van der Waals surface area contributed by atoms with E-state index < -0.39 is 17.8 Å². The molecule has 2 heterocycles. The lowest BCUT2D eigenvalue weighted by molar-refractivity contribution is -0.114. The van der Waals surface area contributed by atoms with Crippen LogP contribution >= 0.6 is 0 Å². The highest BCUT2D eigenvalue weighted by Crippen LogP contribution is 2.41. The van der Waals surface area contributed by atoms with Crippen LogP contribution in [0.5, 0.6) is 11.5 Å². The number of fused-ring (bicyclic) bond motifs is 1. The van der Waals surface area contributed by atoms with Crippen LogP contribution in [-0.2, 0) is 20.7 Å². The molecule has 6 heteroatoms. The van der Waals surface area contributed by atoms with Crippen molar-refractivity contribution in [3.63, 3.8) is 0 Å². The van der Waals surface area contributed by atoms with Gasteiger partial charge in [0.2, 0.25) is 0 Å². The monoisotopic (exact) mass is 386 g/mol. The number of cyclic esters (lactones) is 1. The van der Waals surface area contributed by atoms with Crippen LogP contribution < -0.4 is 0 Å². The van der Waals surface area contributed by atoms with Crippen molar-refractivity contribution in [1.82, 2.24) is 0 Å². The summed E-state index contributed by atoms with van der Waals surface area (Å²) in [4.78, 5) is 25.2. The Morgan fingerprint density at radius 2 is 1.71 bits per heavy atom. The Morgan fingerprint density at radius 1 is 0.929 bits per heavy atom. The molecule has 1 aromatic rings. The van der Waals surface area contributed by atoms with E-state index in [1.54, 1.807) is 6.08 Å². The van der Waals surface area contributed by atoms with Gasteiger partial charge in [0.25, 0.3) is 0 Å². The zero-order valence-electron chi connectivity index (χ0n) is 15.9. The van der Waals surface area contributed by atoms with Gasteiger partial charge in [0.1, 0.15) is 17.1 Å². The van der Waals surface area contributed by atoms with Gasteiger partial charge in [-0.25, -0.2) is 4.79 Å². The van der Waals surface area contributed by atoms with Crippen LogP contribution in [0.4, 0.5) is 0 Å². The van der Waals surface area contributed by atoms with Crippen LogP contribution in [-0.4, -0.2) is 35.2 Å². The van der Waals surface area contributed by atoms with E-state index in [4.69, 9.17) is 9.47 Å². The third kappa shape index (κ3) is 4.81. The Kier molecular flexibility index (Phi) is 6.87. The van der Waals surface area contributed by atoms with Crippen LogP contribution in [0.25, 0.3) is 0 Å². The van der Waals surface area contributed by atoms with Crippen molar-refractivity contribution in [1.29, 1.82) is 0 Å². The summed E-state index contributed by atoms with van der Waals surface area (Å²) in [7, 11) is 0. The van der Waals surface area contributed by atoms with Gasteiger partial charge in [-0.3, -0.25) is 4.79 Å². The maximum absolute atomic E-state index is 12.7. The van der Waals surface area contributed by atoms with E-state index in [9.17, 15) is 19.8 Å². The first-order valence-corrected chi connectivity index (χ1v) is 9.78. The summed E-state index contributed by atoms with van der Waals surface area (Å²) < 4.78 is 11.1. The molecule has 28 heavy (non-hydrogen) atoms. The zero-order chi connectivity index (χ0) is 19.9. The Morgan fingerprint density at radius 3 is 2.50 bits per heavy atom. The Hall–Kier alpha value is -2.60. The maximum Gasteiger partial charge on any atom is 0.342 e. The maximum atomic E-state index is 12.7. The van der Waals surface area contributed by atoms with Crippen LogP contribution in [0.3, 0.4) is 0 Å². The van der Waals surface area contributed by atoms with Gasteiger partial charge in [-0.05, 0) is 50.2 Å². The molecule has 3 rings (SSSR count). The van der Waals surface area contributed by atoms with Crippen LogP contribution in [0, 0.1) is 0 Å². The van der Waals surface area contributed by atoms with Crippen molar-refractivity contribution in [2.45, 2.75) is 51.0 Å². The van der Waals surface area contributed by atoms with Gasteiger partial charge < -0.3 is 19.7 Å². The molecule has 0 radical (unpaired) electrons. The molecule has 1 saturated heterocycles. The number of phenolic OH excluding ortho intramolecular Hbond substituents is 2. The van der Waals surface area contributed by atoms with E-state index in [1.807, 2.05) is 12.2 Å². The lowest BCUT2D eigenvalue weighted by atomic mass is 9.89. The highest BCUT2D eigenvalue weighted by Gasteiger charge is 2.30. The predicted octanol–water partition coefficient (Wildman–Crippen LogP) is 3.90. The molecule has 0 aliphatic carbocycles. The van der Waals surface area contributed by atoms with Crippen molar-refractivity contribution in [3.8, 4) is 11.5 Å². The summed E-state index contributed by atoms with van der Waals surface area (Å²) in [5.74, 6) is -1.47. The summed E-state index contributed by atoms with van der Waals surface area (Å²) in [6.45, 7) is 0.721. The second-order valence-corrected chi connectivity index (χ2v) is 7.06. The van der Waals surface area contributed by atoms with Crippen LogP contribution in [0.2, 0.25) is 0 Å². The molecule has 2 N–H and O–H groups in total. The number of ether oxygens (including phenoxy) is 2. The van der Waals surface area contributed by atoms with Crippen molar-refractivity contribution in [2.75, 3.05) is 13.2 Å². The number of rotatable bonds is 1. The molecule has 6 nitrogen and oxygen atoms in total. The number of hydrogen-bond acceptors (Lipinski definition) is 6. The van der Waals surface area contributed by atoms with Crippen molar-refractivity contribution in [2.24, 2.45) is 0 Å². The minimum atomic E-state index is -0.702. The van der Waals surface area contributed by atoms with Gasteiger partial charge in [-0.15, -0.1) is 0 Å². The van der Waals surface area contributed by atoms with Crippen molar-refractivity contribution in [3.05, 3.63) is 47.1 Å². The first-order valence-electron chi connectivity index (χ1n) is 9.78. The molecule has 2 aliphatic rings. The van der Waals surface area contributed by atoms with E-state index >= 15 is 0 Å². The quantitative estimate of drug-likeness (QED) is 0.562. The molecule has 0 amide bonds. The number of benzene rings is 1. The van der Waals surface area contributed by atoms with E-state index in [1.165, 1.54) is 6.08 Å². The first-order chi connectivity index (χ1) is 13.6. The summed E-state index contributed by atoms with van der Waals surface area (Å²) >= 11 is 0. The zero-order valence-corrected chi connectivity index (χ0v) is 15.9. The van der Waals surface area contributed by atoms with E-state index in [0.29, 0.717) is 25.0 Å². The fourth-order valence-electron chi connectivity index (χ4n) is 3.63. The van der Waals surface area contributed by atoms with Gasteiger partial charge >= 0.3 is 5.97 Å². The highest BCUT2D eigenvalue weighted by atomic mass is 16.5. The molecule has 150 valence electrons. The second kappa shape index (κ2) is 9.55. The number of allylic oxidation sites excluding steroid dienone is 3. The smallest absolute Gasteiger partial charge is 0.342 e. The number of carbonyl (C=O) groups excluding carboxylic acids is 2. The minimum Gasteiger partial charge on any atom is -0.507 e. The van der Waals surface area contributed by atoms with Gasteiger partial charge in [0, 0.05) is 24.7 Å². The molecule has 2 aliphatic heterocycles. The number of aromatic hydroxyl groups is 2. The standard InChI is InChI=1S/C22H26O6/c23-15-9-5-3-1-2-4-7-12-28-22(26)21-16(13-15)20(17(24)14-18(21)25)19-10-6-8-11-27-19/h2,4-5,9,14,19,24-25H,1,3,6-8,10-13H2/b4-2+,9-5+. The third-order valence-electron chi connectivity index (χ3n) is 4.98. The van der Waals surface area contributed by atoms with E-state index in [2.05, 4.69) is 0 Å². The van der Waals surface area contributed by atoms with Crippen LogP contribution in [0.1, 0.15) is 66.1 Å². The number of hydrogen-bond donors (Lipinski definition) is 2. The van der Waals surface area contributed by atoms with E-state index in [-0.39, 0.29) is 35.7 Å². The summed E-state index contributed by atoms with van der Waals surface area (Å²) in [6, 6.07) is 1.14. The van der Waals surface area contributed by atoms with Gasteiger partial charge in [-0.1, -0.05) is 18.2 Å². The second-order valence-electron chi connectivity index (χ2n) is 7.06. The molecule has 0 spiro atoms. The van der Waals surface area contributed by atoms with Gasteiger partial charge in [-0.2, -0.15) is 0 Å². The SMILES string of the molecule is O=C1/C=C/CC/C=C/CCOC(=O)c2c(O)cc(O)c(C3CCCCO3)c2C1. The Labute approximate surface area is 164 Å². The molecular weight excluding hydrogens is 360 g/mol. The fourth-order valence-corrected chi connectivity index (χ4v) is 3.63. The molecule has 0 saturated carbocycles. The Bertz CT molecular complexity index is 787. The lowest BCUT2D eigenvalue weighted by Gasteiger charge is -2.27. The molecular formula is C22H26O6. The molecule has 1 unspecified atom stereocenters. The number of ketones is 1. The third-order valence-corrected chi connectivity index (χ3v) is 4.98. The first kappa shape index (κ1) is 20.1. The Balaban J connectivity index is 2.07. The van der Waals surface area contributed by atoms with Crippen molar-refractivity contribution < 1.29 is 29.3 Å². The predicted molar refractivity (Wildman–Crippen MR) is 103 cm³/mol. The molecule has 1 atom stereocenters. The molecule has 1 fully saturated rings. The summed E-state index contributed by atoms with van der Waals surface area (Å²) in [6.07, 6.45) is 11.3. The largest absolute Gasteiger partial charge is 0.507 e. The topological polar surface area (TPSA) is 93.1 Å². The van der Waals surface area contributed by atoms with E-state index in [0.717, 1.165) is 31.7 Å². The van der Waals surface area contributed by atoms with Gasteiger partial charge in [0.15, 0.2) is 5.78 Å². The molecule has 1 aromatic carbocycles. The highest BCUT2D eigenvalue weighted by molar-refractivity contribution is 5.99. The normalized spacial score (nSPS) is 23.9. The molecule has 0 aromatic heterocycles. The lowest BCUT2D eigenvalue weighted by Crippen LogP contribution is -2.19. The molecule has 0 bridgehead atoms. The minimum absolute atomic E-state index is 0.0650. The summed E-state index contributed by atoms with van der Waals surface area (Å²) in [5.41, 5.74) is 0.625.